The van der Waals surface area contributed by atoms with Crippen LogP contribution in [0, 0.1) is 0 Å². The van der Waals surface area contributed by atoms with Gasteiger partial charge in [-0.05, 0) is 39.3 Å². The molecule has 2 heterocycles. The summed E-state index contributed by atoms with van der Waals surface area (Å²) in [5.41, 5.74) is 0. The van der Waals surface area contributed by atoms with Gasteiger partial charge < -0.3 is 5.32 Å². The number of likely N-dealkylation sites (tertiary alicyclic amines) is 1. The molecule has 0 bridgehead atoms. The van der Waals surface area contributed by atoms with E-state index in [2.05, 4.69) is 22.2 Å². The van der Waals surface area contributed by atoms with Gasteiger partial charge in [-0.3, -0.25) is 9.80 Å². The first kappa shape index (κ1) is 10.1. The van der Waals surface area contributed by atoms with E-state index in [1.54, 1.807) is 0 Å². The van der Waals surface area contributed by atoms with Crippen LogP contribution in [0.3, 0.4) is 0 Å². The van der Waals surface area contributed by atoms with Gasteiger partial charge in [-0.2, -0.15) is 0 Å². The van der Waals surface area contributed by atoms with E-state index in [4.69, 9.17) is 0 Å². The number of nitrogens with one attached hydrogen (secondary N) is 1. The molecule has 0 aromatic heterocycles. The summed E-state index contributed by atoms with van der Waals surface area (Å²) in [6.45, 7) is 5.09. The van der Waals surface area contributed by atoms with Gasteiger partial charge in [0.25, 0.3) is 0 Å². The molecule has 2 saturated heterocycles. The van der Waals surface area contributed by atoms with E-state index in [-0.39, 0.29) is 0 Å². The molecule has 3 aliphatic rings. The normalized spacial score (nSPS) is 38.0. The number of rotatable bonds is 3. The molecule has 3 nitrogen and oxygen atoms in total. The fourth-order valence-electron chi connectivity index (χ4n) is 3.16. The average Bonchev–Trinajstić information content (AvgIpc) is 2.80. The van der Waals surface area contributed by atoms with Crippen molar-refractivity contribution in [2.75, 3.05) is 33.2 Å². The molecular formula is C12H23N3. The fourth-order valence-corrected chi connectivity index (χ4v) is 3.16. The second-order valence-electron chi connectivity index (χ2n) is 5.48. The molecule has 2 unspecified atom stereocenters. The van der Waals surface area contributed by atoms with Crippen molar-refractivity contribution in [3.63, 3.8) is 0 Å². The monoisotopic (exact) mass is 209 g/mol. The molecule has 0 aromatic carbocycles. The fraction of sp³-hybridized carbons (Fsp3) is 1.00. The third kappa shape index (κ3) is 2.05. The third-order valence-corrected chi connectivity index (χ3v) is 4.44. The van der Waals surface area contributed by atoms with E-state index in [0.717, 1.165) is 18.1 Å². The van der Waals surface area contributed by atoms with E-state index in [1.165, 1.54) is 51.9 Å². The van der Waals surface area contributed by atoms with E-state index in [0.29, 0.717) is 0 Å². The molecule has 1 N–H and O–H groups in total. The maximum absolute atomic E-state index is 3.47. The van der Waals surface area contributed by atoms with Crippen LogP contribution in [-0.4, -0.2) is 61.2 Å². The first-order valence-corrected chi connectivity index (χ1v) is 6.51. The maximum atomic E-state index is 3.47. The molecule has 3 rings (SSSR count). The van der Waals surface area contributed by atoms with Gasteiger partial charge in [-0.1, -0.05) is 0 Å². The van der Waals surface area contributed by atoms with Gasteiger partial charge in [0.05, 0.1) is 0 Å². The van der Waals surface area contributed by atoms with Crippen molar-refractivity contribution in [2.24, 2.45) is 0 Å². The zero-order valence-electron chi connectivity index (χ0n) is 9.78. The Morgan fingerprint density at radius 1 is 1.13 bits per heavy atom. The number of hydrogen-bond donors (Lipinski definition) is 1. The van der Waals surface area contributed by atoms with E-state index >= 15 is 0 Å². The molecule has 0 spiro atoms. The SMILES string of the molecule is CN(C1CC1)C1CCN(C2CCNC2)C1. The predicted octanol–water partition coefficient (Wildman–Crippen LogP) is 0.517. The molecule has 2 atom stereocenters. The second kappa shape index (κ2) is 4.04. The minimum Gasteiger partial charge on any atom is -0.315 e. The molecular weight excluding hydrogens is 186 g/mol. The molecule has 0 aromatic rings. The van der Waals surface area contributed by atoms with Crippen molar-refractivity contribution >= 4 is 0 Å². The topological polar surface area (TPSA) is 18.5 Å². The zero-order valence-corrected chi connectivity index (χ0v) is 9.78. The Morgan fingerprint density at radius 3 is 2.67 bits per heavy atom. The Hall–Kier alpha value is -0.120. The van der Waals surface area contributed by atoms with Crippen LogP contribution >= 0.6 is 0 Å². The van der Waals surface area contributed by atoms with Crippen LogP contribution in [0.5, 0.6) is 0 Å². The Bertz CT molecular complexity index is 213. The second-order valence-corrected chi connectivity index (χ2v) is 5.48. The lowest BCUT2D eigenvalue weighted by Gasteiger charge is -2.26. The number of nitrogens with zero attached hydrogens (tertiary/aromatic N) is 2. The van der Waals surface area contributed by atoms with Crippen molar-refractivity contribution in [1.82, 2.24) is 15.1 Å². The van der Waals surface area contributed by atoms with Crippen molar-refractivity contribution in [3.05, 3.63) is 0 Å². The summed E-state index contributed by atoms with van der Waals surface area (Å²) in [5, 5.41) is 3.47. The third-order valence-electron chi connectivity index (χ3n) is 4.44. The Morgan fingerprint density at radius 2 is 2.00 bits per heavy atom. The lowest BCUT2D eigenvalue weighted by Crippen LogP contribution is -2.40. The minimum atomic E-state index is 0.836. The Labute approximate surface area is 92.8 Å². The molecule has 3 fully saturated rings. The van der Waals surface area contributed by atoms with Crippen molar-refractivity contribution in [3.8, 4) is 0 Å². The smallest absolute Gasteiger partial charge is 0.0235 e. The van der Waals surface area contributed by atoms with Crippen LogP contribution in [0.4, 0.5) is 0 Å². The van der Waals surface area contributed by atoms with E-state index in [9.17, 15) is 0 Å². The first-order valence-electron chi connectivity index (χ1n) is 6.51. The summed E-state index contributed by atoms with van der Waals surface area (Å²) >= 11 is 0. The van der Waals surface area contributed by atoms with E-state index < -0.39 is 0 Å². The van der Waals surface area contributed by atoms with Gasteiger partial charge in [0.1, 0.15) is 0 Å². The molecule has 0 amide bonds. The minimum absolute atomic E-state index is 0.836. The van der Waals surface area contributed by atoms with Gasteiger partial charge in [-0.15, -0.1) is 0 Å². The highest BCUT2D eigenvalue weighted by Crippen LogP contribution is 2.30. The van der Waals surface area contributed by atoms with Crippen LogP contribution < -0.4 is 5.32 Å². The van der Waals surface area contributed by atoms with Crippen LogP contribution in [0.15, 0.2) is 0 Å². The van der Waals surface area contributed by atoms with Crippen LogP contribution in [0.2, 0.25) is 0 Å². The van der Waals surface area contributed by atoms with Crippen LogP contribution in [0.1, 0.15) is 25.7 Å². The van der Waals surface area contributed by atoms with E-state index in [1.807, 2.05) is 0 Å². The summed E-state index contributed by atoms with van der Waals surface area (Å²) in [6.07, 6.45) is 5.64. The van der Waals surface area contributed by atoms with Gasteiger partial charge in [0, 0.05) is 37.8 Å². The zero-order chi connectivity index (χ0) is 10.3. The molecule has 3 heteroatoms. The van der Waals surface area contributed by atoms with Gasteiger partial charge in [0.2, 0.25) is 0 Å². The van der Waals surface area contributed by atoms with Gasteiger partial charge >= 0.3 is 0 Å². The molecule has 1 saturated carbocycles. The maximum Gasteiger partial charge on any atom is 0.0235 e. The first-order chi connectivity index (χ1) is 7.34. The van der Waals surface area contributed by atoms with Crippen molar-refractivity contribution < 1.29 is 0 Å². The van der Waals surface area contributed by atoms with Gasteiger partial charge in [-0.25, -0.2) is 0 Å². The largest absolute Gasteiger partial charge is 0.315 e. The molecule has 1 aliphatic carbocycles. The molecule has 0 radical (unpaired) electrons. The number of hydrogen-bond acceptors (Lipinski definition) is 3. The lowest BCUT2D eigenvalue weighted by atomic mass is 10.2. The number of likely N-dealkylation sites (N-methyl/N-ethyl adjacent to an activating group) is 1. The summed E-state index contributed by atoms with van der Waals surface area (Å²) in [5.74, 6) is 0. The lowest BCUT2D eigenvalue weighted by molar-refractivity contribution is 0.201. The average molecular weight is 209 g/mol. The highest BCUT2D eigenvalue weighted by molar-refractivity contribution is 4.93. The summed E-state index contributed by atoms with van der Waals surface area (Å²) in [4.78, 5) is 5.35. The highest BCUT2D eigenvalue weighted by atomic mass is 15.3. The Kier molecular flexibility index (Phi) is 2.71. The van der Waals surface area contributed by atoms with Gasteiger partial charge in [0.15, 0.2) is 0 Å². The molecule has 86 valence electrons. The summed E-state index contributed by atoms with van der Waals surface area (Å²) in [7, 11) is 2.33. The quantitative estimate of drug-likeness (QED) is 0.731. The summed E-state index contributed by atoms with van der Waals surface area (Å²) in [6, 6.07) is 2.61. The van der Waals surface area contributed by atoms with Crippen LogP contribution in [0.25, 0.3) is 0 Å². The highest BCUT2D eigenvalue weighted by Gasteiger charge is 2.36. The van der Waals surface area contributed by atoms with Crippen LogP contribution in [-0.2, 0) is 0 Å². The van der Waals surface area contributed by atoms with Crippen molar-refractivity contribution in [1.29, 1.82) is 0 Å². The predicted molar refractivity (Wildman–Crippen MR) is 62.0 cm³/mol. The molecule has 2 aliphatic heterocycles. The summed E-state index contributed by atoms with van der Waals surface area (Å²) < 4.78 is 0. The van der Waals surface area contributed by atoms with Crippen molar-refractivity contribution in [2.45, 2.75) is 43.8 Å². The standard InChI is InChI=1S/C12H23N3/c1-14(10-2-3-10)12-5-7-15(9-12)11-4-6-13-8-11/h10-13H,2-9H2,1H3. The molecule has 15 heavy (non-hydrogen) atoms. The Balaban J connectivity index is 1.53.